The fourth-order valence-corrected chi connectivity index (χ4v) is 7.49. The average Bonchev–Trinajstić information content (AvgIpc) is 3.44. The summed E-state index contributed by atoms with van der Waals surface area (Å²) in [6.07, 6.45) is 13.5. The summed E-state index contributed by atoms with van der Waals surface area (Å²) in [4.78, 5) is 29.0. The van der Waals surface area contributed by atoms with Gasteiger partial charge < -0.3 is 9.84 Å². The van der Waals surface area contributed by atoms with Gasteiger partial charge in [-0.15, -0.1) is 0 Å². The molecule has 0 bridgehead atoms. The van der Waals surface area contributed by atoms with Gasteiger partial charge in [0.25, 0.3) is 0 Å². The zero-order chi connectivity index (χ0) is 26.8. The van der Waals surface area contributed by atoms with Gasteiger partial charge in [-0.25, -0.2) is 4.39 Å². The van der Waals surface area contributed by atoms with Crippen LogP contribution in [0, 0.1) is 23.6 Å². The second kappa shape index (κ2) is 11.7. The highest BCUT2D eigenvalue weighted by atomic mass is 19.1. The molecule has 4 aliphatic rings. The Morgan fingerprint density at radius 3 is 2.58 bits per heavy atom. The van der Waals surface area contributed by atoms with Crippen LogP contribution in [0.2, 0.25) is 0 Å². The van der Waals surface area contributed by atoms with E-state index in [1.54, 1.807) is 11.0 Å². The van der Waals surface area contributed by atoms with Crippen LogP contribution >= 0.6 is 0 Å². The van der Waals surface area contributed by atoms with Crippen LogP contribution in [0.1, 0.15) is 96.5 Å². The first kappa shape index (κ1) is 27.1. The summed E-state index contributed by atoms with van der Waals surface area (Å²) in [5.74, 6) is -1.31. The van der Waals surface area contributed by atoms with E-state index >= 15 is 0 Å². The SMILES string of the molecule is CCCC1=C2[C@@H](CC/C(=C/c3ccc(O)c(F)c3)CCC)OC[C@@H]2[C@@H]2C(=O)N(C3CCCCC3)C(=O)[C@@H]2C1. The summed E-state index contributed by atoms with van der Waals surface area (Å²) in [6.45, 7) is 4.83. The van der Waals surface area contributed by atoms with Gasteiger partial charge in [0.05, 0.1) is 24.5 Å². The maximum Gasteiger partial charge on any atom is 0.234 e. The van der Waals surface area contributed by atoms with E-state index in [4.69, 9.17) is 4.74 Å². The van der Waals surface area contributed by atoms with E-state index in [2.05, 4.69) is 13.8 Å². The number of rotatable bonds is 9. The van der Waals surface area contributed by atoms with Crippen molar-refractivity contribution in [2.45, 2.75) is 103 Å². The number of phenols is 1. The van der Waals surface area contributed by atoms with E-state index in [0.717, 1.165) is 69.8 Å². The Labute approximate surface area is 226 Å². The van der Waals surface area contributed by atoms with Crippen molar-refractivity contribution in [1.82, 2.24) is 4.90 Å². The first-order valence-electron chi connectivity index (χ1n) is 14.8. The number of benzene rings is 1. The van der Waals surface area contributed by atoms with Crippen LogP contribution in [0.3, 0.4) is 0 Å². The number of hydrogen-bond donors (Lipinski definition) is 1. The number of imide groups is 1. The normalized spacial score (nSPS) is 28.3. The number of likely N-dealkylation sites (tertiary alicyclic amines) is 1. The molecule has 4 atom stereocenters. The molecule has 3 fully saturated rings. The molecule has 1 aromatic rings. The van der Waals surface area contributed by atoms with Gasteiger partial charge in [0.15, 0.2) is 11.6 Å². The third kappa shape index (κ3) is 5.21. The van der Waals surface area contributed by atoms with E-state index in [0.29, 0.717) is 13.0 Å². The molecule has 6 heteroatoms. The lowest BCUT2D eigenvalue weighted by Gasteiger charge is -2.32. The Hall–Kier alpha value is -2.47. The lowest BCUT2D eigenvalue weighted by atomic mass is 9.68. The van der Waals surface area contributed by atoms with Crippen LogP contribution in [0.15, 0.2) is 34.9 Å². The molecule has 0 spiro atoms. The topological polar surface area (TPSA) is 66.8 Å². The van der Waals surface area contributed by atoms with Gasteiger partial charge in [-0.05, 0) is 68.2 Å². The Kier molecular flexibility index (Phi) is 8.37. The number of aromatic hydroxyl groups is 1. The summed E-state index contributed by atoms with van der Waals surface area (Å²) in [6, 6.07) is 4.58. The van der Waals surface area contributed by atoms with Crippen molar-refractivity contribution in [2.24, 2.45) is 17.8 Å². The summed E-state index contributed by atoms with van der Waals surface area (Å²) in [5.41, 5.74) is 4.62. The van der Waals surface area contributed by atoms with Crippen LogP contribution in [-0.2, 0) is 14.3 Å². The van der Waals surface area contributed by atoms with Gasteiger partial charge in [-0.1, -0.05) is 69.2 Å². The molecule has 5 nitrogen and oxygen atoms in total. The van der Waals surface area contributed by atoms with Gasteiger partial charge in [-0.2, -0.15) is 0 Å². The van der Waals surface area contributed by atoms with E-state index in [-0.39, 0.29) is 47.5 Å². The first-order chi connectivity index (χ1) is 18.4. The molecule has 5 rings (SSSR count). The fraction of sp³-hybridized carbons (Fsp3) is 0.625. The van der Waals surface area contributed by atoms with Crippen LogP contribution in [0.4, 0.5) is 4.39 Å². The molecule has 38 heavy (non-hydrogen) atoms. The molecule has 2 aliphatic heterocycles. The number of amides is 2. The number of fused-ring (bicyclic) bond motifs is 3. The molecule has 1 saturated carbocycles. The molecule has 2 aliphatic carbocycles. The number of ether oxygens (including phenoxy) is 1. The second-order valence-electron chi connectivity index (χ2n) is 11.7. The zero-order valence-electron chi connectivity index (χ0n) is 22.9. The van der Waals surface area contributed by atoms with E-state index in [1.165, 1.54) is 35.3 Å². The molecular formula is C32H42FNO4. The van der Waals surface area contributed by atoms with Gasteiger partial charge >= 0.3 is 0 Å². The third-order valence-corrected chi connectivity index (χ3v) is 9.17. The van der Waals surface area contributed by atoms with Crippen LogP contribution in [0.5, 0.6) is 5.75 Å². The predicted molar refractivity (Wildman–Crippen MR) is 146 cm³/mol. The molecule has 1 aromatic carbocycles. The van der Waals surface area contributed by atoms with Gasteiger partial charge in [0.1, 0.15) is 0 Å². The van der Waals surface area contributed by atoms with E-state index in [1.807, 2.05) is 6.08 Å². The van der Waals surface area contributed by atoms with Crippen LogP contribution in [-0.4, -0.2) is 40.6 Å². The quantitative estimate of drug-likeness (QED) is 0.281. The van der Waals surface area contributed by atoms with Crippen LogP contribution in [0.25, 0.3) is 6.08 Å². The van der Waals surface area contributed by atoms with Crippen LogP contribution < -0.4 is 0 Å². The standard InChI is InChI=1S/C32H42FNO4/c1-3-8-20(16-21-12-14-27(35)26(33)17-21)13-15-28-29-22(9-4-2)18-24-30(25(29)19-38-28)32(37)34(31(24)36)23-10-6-5-7-11-23/h12,14,16-17,23-25,28,30,35H,3-11,13,15,18-19H2,1-2H3/b20-16+/t24-,25+,28-,30-/m1/s1. The Morgan fingerprint density at radius 1 is 1.08 bits per heavy atom. The number of hydrogen-bond acceptors (Lipinski definition) is 4. The maximum absolute atomic E-state index is 13.9. The number of phenolic OH excluding ortho intramolecular Hbond substituents is 1. The Balaban J connectivity index is 1.35. The van der Waals surface area contributed by atoms with Gasteiger partial charge in [0, 0.05) is 12.0 Å². The van der Waals surface area contributed by atoms with E-state index < -0.39 is 5.82 Å². The molecule has 0 unspecified atom stereocenters. The number of allylic oxidation sites excluding steroid dienone is 2. The molecule has 0 aromatic heterocycles. The summed E-state index contributed by atoms with van der Waals surface area (Å²) in [7, 11) is 0. The lowest BCUT2D eigenvalue weighted by Crippen LogP contribution is -2.42. The van der Waals surface area contributed by atoms with Crippen molar-refractivity contribution in [3.05, 3.63) is 46.3 Å². The highest BCUT2D eigenvalue weighted by Gasteiger charge is 2.57. The maximum atomic E-state index is 13.9. The number of carbonyl (C=O) groups is 2. The smallest absolute Gasteiger partial charge is 0.234 e. The molecule has 2 heterocycles. The minimum absolute atomic E-state index is 0.00939. The molecule has 2 saturated heterocycles. The van der Waals surface area contributed by atoms with Crippen molar-refractivity contribution in [1.29, 1.82) is 0 Å². The molecule has 206 valence electrons. The summed E-state index contributed by atoms with van der Waals surface area (Å²) < 4.78 is 20.3. The minimum Gasteiger partial charge on any atom is -0.505 e. The fourth-order valence-electron chi connectivity index (χ4n) is 7.49. The monoisotopic (exact) mass is 523 g/mol. The lowest BCUT2D eigenvalue weighted by molar-refractivity contribution is -0.143. The van der Waals surface area contributed by atoms with Gasteiger partial charge in [0.2, 0.25) is 11.8 Å². The molecule has 0 radical (unpaired) electrons. The number of carbonyl (C=O) groups excluding carboxylic acids is 2. The molecule has 1 N–H and O–H groups in total. The zero-order valence-corrected chi connectivity index (χ0v) is 22.9. The largest absolute Gasteiger partial charge is 0.505 e. The highest BCUT2D eigenvalue weighted by Crippen LogP contribution is 2.51. The number of halogens is 1. The van der Waals surface area contributed by atoms with Crippen molar-refractivity contribution >= 4 is 17.9 Å². The first-order valence-corrected chi connectivity index (χ1v) is 14.8. The van der Waals surface area contributed by atoms with Crippen molar-refractivity contribution in [2.75, 3.05) is 6.61 Å². The summed E-state index contributed by atoms with van der Waals surface area (Å²) in [5, 5.41) is 9.53. The second-order valence-corrected chi connectivity index (χ2v) is 11.7. The van der Waals surface area contributed by atoms with Gasteiger partial charge in [-0.3, -0.25) is 14.5 Å². The Bertz CT molecular complexity index is 1120. The molecular weight excluding hydrogens is 481 g/mol. The highest BCUT2D eigenvalue weighted by molar-refractivity contribution is 6.06. The van der Waals surface area contributed by atoms with E-state index in [9.17, 15) is 19.1 Å². The minimum atomic E-state index is -0.610. The third-order valence-electron chi connectivity index (χ3n) is 9.17. The average molecular weight is 524 g/mol. The van der Waals surface area contributed by atoms with Crippen molar-refractivity contribution < 1.29 is 23.8 Å². The predicted octanol–water partition coefficient (Wildman–Crippen LogP) is 6.94. The Morgan fingerprint density at radius 2 is 1.87 bits per heavy atom. The summed E-state index contributed by atoms with van der Waals surface area (Å²) >= 11 is 0. The molecule has 2 amide bonds. The number of nitrogens with zero attached hydrogens (tertiary/aromatic N) is 1. The van der Waals surface area contributed by atoms with Crippen molar-refractivity contribution in [3.8, 4) is 5.75 Å². The van der Waals surface area contributed by atoms with Crippen molar-refractivity contribution in [3.63, 3.8) is 0 Å².